The largest absolute Gasteiger partial charge is 0.458 e. The first kappa shape index (κ1) is 9.59. The van der Waals surface area contributed by atoms with E-state index in [9.17, 15) is 0 Å². The van der Waals surface area contributed by atoms with Crippen LogP contribution in [0.2, 0.25) is 0 Å². The number of benzene rings is 1. The first-order valence-electron chi connectivity index (χ1n) is 4.38. The molecule has 0 fully saturated rings. The SMILES string of the molecule is C/C=C\C(=C/C)Oc1ccccc1. The van der Waals surface area contributed by atoms with Gasteiger partial charge in [0.05, 0.1) is 0 Å². The molecule has 1 aromatic carbocycles. The van der Waals surface area contributed by atoms with Crippen LogP contribution in [0.15, 0.2) is 54.3 Å². The number of allylic oxidation sites excluding steroid dienone is 3. The van der Waals surface area contributed by atoms with Gasteiger partial charge in [0, 0.05) is 0 Å². The van der Waals surface area contributed by atoms with Gasteiger partial charge in [0.2, 0.25) is 0 Å². The minimum absolute atomic E-state index is 0.869. The zero-order chi connectivity index (χ0) is 9.52. The van der Waals surface area contributed by atoms with Crippen molar-refractivity contribution < 1.29 is 4.74 Å². The van der Waals surface area contributed by atoms with Crippen molar-refractivity contribution in [2.24, 2.45) is 0 Å². The highest BCUT2D eigenvalue weighted by atomic mass is 16.5. The molecule has 13 heavy (non-hydrogen) atoms. The lowest BCUT2D eigenvalue weighted by Crippen LogP contribution is -1.90. The molecule has 0 amide bonds. The molecule has 0 bridgehead atoms. The Balaban J connectivity index is 2.68. The maximum Gasteiger partial charge on any atom is 0.127 e. The van der Waals surface area contributed by atoms with Gasteiger partial charge in [-0.1, -0.05) is 24.3 Å². The van der Waals surface area contributed by atoms with Gasteiger partial charge in [-0.25, -0.2) is 0 Å². The molecule has 0 aliphatic rings. The van der Waals surface area contributed by atoms with Crippen molar-refractivity contribution in [2.45, 2.75) is 13.8 Å². The van der Waals surface area contributed by atoms with Crippen LogP contribution >= 0.6 is 0 Å². The second-order valence-electron chi connectivity index (χ2n) is 2.61. The van der Waals surface area contributed by atoms with Crippen LogP contribution in [0.1, 0.15) is 13.8 Å². The van der Waals surface area contributed by atoms with Crippen molar-refractivity contribution in [2.75, 3.05) is 0 Å². The highest BCUT2D eigenvalue weighted by Gasteiger charge is 1.92. The third-order valence-corrected chi connectivity index (χ3v) is 1.59. The summed E-state index contributed by atoms with van der Waals surface area (Å²) in [4.78, 5) is 0. The Labute approximate surface area is 79.4 Å². The summed E-state index contributed by atoms with van der Waals surface area (Å²) >= 11 is 0. The fraction of sp³-hybridized carbons (Fsp3) is 0.167. The molecule has 68 valence electrons. The van der Waals surface area contributed by atoms with Crippen LogP contribution < -0.4 is 4.74 Å². The standard InChI is InChI=1S/C12H14O/c1-3-8-11(4-2)13-12-9-6-5-7-10-12/h3-10H,1-2H3/b8-3-,11-4+. The minimum Gasteiger partial charge on any atom is -0.458 e. The molecule has 0 atom stereocenters. The van der Waals surface area contributed by atoms with Crippen molar-refractivity contribution in [1.82, 2.24) is 0 Å². The van der Waals surface area contributed by atoms with Crippen LogP contribution in [0.25, 0.3) is 0 Å². The van der Waals surface area contributed by atoms with Gasteiger partial charge in [-0.05, 0) is 38.1 Å². The highest BCUT2D eigenvalue weighted by Crippen LogP contribution is 2.13. The normalized spacial score (nSPS) is 12.0. The van der Waals surface area contributed by atoms with Gasteiger partial charge in [0.25, 0.3) is 0 Å². The Morgan fingerprint density at radius 1 is 1.15 bits per heavy atom. The molecule has 0 heterocycles. The number of hydrogen-bond donors (Lipinski definition) is 0. The average molecular weight is 174 g/mol. The fourth-order valence-corrected chi connectivity index (χ4v) is 0.978. The first-order chi connectivity index (χ1) is 6.36. The fourth-order valence-electron chi connectivity index (χ4n) is 0.978. The molecule has 1 rings (SSSR count). The van der Waals surface area contributed by atoms with Gasteiger partial charge >= 0.3 is 0 Å². The van der Waals surface area contributed by atoms with E-state index < -0.39 is 0 Å². The zero-order valence-electron chi connectivity index (χ0n) is 8.03. The Morgan fingerprint density at radius 3 is 2.38 bits per heavy atom. The summed E-state index contributed by atoms with van der Waals surface area (Å²) in [5, 5.41) is 0. The Morgan fingerprint density at radius 2 is 1.85 bits per heavy atom. The summed E-state index contributed by atoms with van der Waals surface area (Å²) in [6.45, 7) is 3.93. The summed E-state index contributed by atoms with van der Waals surface area (Å²) < 4.78 is 5.58. The van der Waals surface area contributed by atoms with E-state index in [2.05, 4.69) is 0 Å². The molecule has 1 aromatic rings. The quantitative estimate of drug-likeness (QED) is 0.503. The van der Waals surface area contributed by atoms with Crippen LogP contribution in [0.4, 0.5) is 0 Å². The molecular formula is C12H14O. The summed E-state index contributed by atoms with van der Waals surface area (Å²) in [5.41, 5.74) is 0. The molecule has 0 aliphatic heterocycles. The minimum atomic E-state index is 0.869. The van der Waals surface area contributed by atoms with E-state index in [1.54, 1.807) is 0 Å². The molecule has 0 saturated heterocycles. The summed E-state index contributed by atoms with van der Waals surface area (Å²) in [6, 6.07) is 9.76. The maximum atomic E-state index is 5.58. The Hall–Kier alpha value is -1.50. The van der Waals surface area contributed by atoms with Gasteiger partial charge in [-0.3, -0.25) is 0 Å². The van der Waals surface area contributed by atoms with E-state index in [0.717, 1.165) is 11.5 Å². The van der Waals surface area contributed by atoms with Crippen molar-refractivity contribution >= 4 is 0 Å². The van der Waals surface area contributed by atoms with Crippen LogP contribution in [-0.4, -0.2) is 0 Å². The lowest BCUT2D eigenvalue weighted by molar-refractivity contribution is 0.443. The lowest BCUT2D eigenvalue weighted by Gasteiger charge is -2.04. The topological polar surface area (TPSA) is 9.23 Å². The van der Waals surface area contributed by atoms with Crippen molar-refractivity contribution in [1.29, 1.82) is 0 Å². The van der Waals surface area contributed by atoms with Crippen LogP contribution in [-0.2, 0) is 0 Å². The second-order valence-corrected chi connectivity index (χ2v) is 2.61. The number of hydrogen-bond acceptors (Lipinski definition) is 1. The molecule has 0 saturated carbocycles. The van der Waals surface area contributed by atoms with Gasteiger partial charge in [-0.15, -0.1) is 0 Å². The van der Waals surface area contributed by atoms with Gasteiger partial charge in [0.1, 0.15) is 11.5 Å². The number of ether oxygens (including phenoxy) is 1. The zero-order valence-corrected chi connectivity index (χ0v) is 8.03. The maximum absolute atomic E-state index is 5.58. The van der Waals surface area contributed by atoms with Crippen molar-refractivity contribution in [3.8, 4) is 5.75 Å². The van der Waals surface area contributed by atoms with E-state index in [1.807, 2.05) is 62.4 Å². The lowest BCUT2D eigenvalue weighted by atomic mass is 10.3. The van der Waals surface area contributed by atoms with Gasteiger partial charge in [-0.2, -0.15) is 0 Å². The summed E-state index contributed by atoms with van der Waals surface area (Å²) in [5.74, 6) is 1.74. The van der Waals surface area contributed by atoms with Crippen LogP contribution in [0.5, 0.6) is 5.75 Å². The third kappa shape index (κ3) is 3.16. The second kappa shape index (κ2) is 5.20. The molecule has 0 spiro atoms. The molecule has 0 N–H and O–H groups in total. The predicted molar refractivity (Wildman–Crippen MR) is 55.6 cm³/mol. The third-order valence-electron chi connectivity index (χ3n) is 1.59. The highest BCUT2D eigenvalue weighted by molar-refractivity contribution is 5.25. The summed E-state index contributed by atoms with van der Waals surface area (Å²) in [7, 11) is 0. The smallest absolute Gasteiger partial charge is 0.127 e. The molecule has 0 radical (unpaired) electrons. The first-order valence-corrected chi connectivity index (χ1v) is 4.38. The Kier molecular flexibility index (Phi) is 3.83. The molecule has 1 nitrogen and oxygen atoms in total. The number of rotatable bonds is 3. The molecule has 1 heteroatoms. The van der Waals surface area contributed by atoms with Gasteiger partial charge < -0.3 is 4.74 Å². The monoisotopic (exact) mass is 174 g/mol. The van der Waals surface area contributed by atoms with E-state index in [0.29, 0.717) is 0 Å². The van der Waals surface area contributed by atoms with Crippen molar-refractivity contribution in [3.05, 3.63) is 54.3 Å². The van der Waals surface area contributed by atoms with E-state index >= 15 is 0 Å². The number of para-hydroxylation sites is 1. The van der Waals surface area contributed by atoms with Crippen LogP contribution in [0.3, 0.4) is 0 Å². The van der Waals surface area contributed by atoms with Gasteiger partial charge in [0.15, 0.2) is 0 Å². The van der Waals surface area contributed by atoms with E-state index in [-0.39, 0.29) is 0 Å². The predicted octanol–water partition coefficient (Wildman–Crippen LogP) is 3.55. The summed E-state index contributed by atoms with van der Waals surface area (Å²) in [6.07, 6.45) is 5.83. The average Bonchev–Trinajstić information content (AvgIpc) is 2.19. The van der Waals surface area contributed by atoms with E-state index in [1.165, 1.54) is 0 Å². The Bertz CT molecular complexity index is 296. The van der Waals surface area contributed by atoms with E-state index in [4.69, 9.17) is 4.74 Å². The van der Waals surface area contributed by atoms with Crippen LogP contribution in [0, 0.1) is 0 Å². The molecular weight excluding hydrogens is 160 g/mol. The molecule has 0 aromatic heterocycles. The van der Waals surface area contributed by atoms with Crippen molar-refractivity contribution in [3.63, 3.8) is 0 Å². The molecule has 0 aliphatic carbocycles. The molecule has 0 unspecified atom stereocenters.